The number of aromatic amines is 1. The van der Waals surface area contributed by atoms with Crippen molar-refractivity contribution in [2.45, 2.75) is 12.8 Å². The summed E-state index contributed by atoms with van der Waals surface area (Å²) >= 11 is 0. The van der Waals surface area contributed by atoms with Crippen LogP contribution in [0.25, 0.3) is 10.9 Å². The maximum atomic E-state index is 13.0. The van der Waals surface area contributed by atoms with Gasteiger partial charge in [0.2, 0.25) is 0 Å². The number of carbonyl (C=O) groups is 1. The van der Waals surface area contributed by atoms with Crippen molar-refractivity contribution in [3.8, 4) is 17.2 Å². The van der Waals surface area contributed by atoms with Gasteiger partial charge in [-0.2, -0.15) is 0 Å². The van der Waals surface area contributed by atoms with Crippen LogP contribution in [0.3, 0.4) is 0 Å². The molecule has 33 heavy (non-hydrogen) atoms. The largest absolute Gasteiger partial charge is 0.496 e. The summed E-state index contributed by atoms with van der Waals surface area (Å²) in [6.45, 7) is 2.89. The SMILES string of the molecule is CCOc1ccc([C@H](CNC(=O)c2ccccc2OC)c2c[nH]c3ccccc23)cc1OC. The van der Waals surface area contributed by atoms with Crippen LogP contribution in [0.1, 0.15) is 34.3 Å². The number of hydrogen-bond acceptors (Lipinski definition) is 4. The number of H-pyrrole nitrogens is 1. The molecular weight excluding hydrogens is 416 g/mol. The summed E-state index contributed by atoms with van der Waals surface area (Å²) in [4.78, 5) is 16.4. The number of methoxy groups -OCH3 is 2. The first-order valence-electron chi connectivity index (χ1n) is 10.9. The first kappa shape index (κ1) is 22.3. The lowest BCUT2D eigenvalue weighted by Crippen LogP contribution is -2.29. The third kappa shape index (κ3) is 4.65. The van der Waals surface area contributed by atoms with Gasteiger partial charge in [-0.3, -0.25) is 4.79 Å². The fourth-order valence-corrected chi connectivity index (χ4v) is 4.09. The average molecular weight is 445 g/mol. The van der Waals surface area contributed by atoms with Gasteiger partial charge in [-0.15, -0.1) is 0 Å². The van der Waals surface area contributed by atoms with Crippen LogP contribution in [-0.4, -0.2) is 38.3 Å². The molecule has 0 bridgehead atoms. The van der Waals surface area contributed by atoms with E-state index in [0.29, 0.717) is 36.0 Å². The van der Waals surface area contributed by atoms with Gasteiger partial charge in [-0.25, -0.2) is 0 Å². The van der Waals surface area contributed by atoms with E-state index in [0.717, 1.165) is 22.0 Å². The fourth-order valence-electron chi connectivity index (χ4n) is 4.09. The average Bonchev–Trinajstić information content (AvgIpc) is 3.28. The summed E-state index contributed by atoms with van der Waals surface area (Å²) in [5.41, 5.74) is 3.66. The Hall–Kier alpha value is -3.93. The van der Waals surface area contributed by atoms with Crippen molar-refractivity contribution >= 4 is 16.8 Å². The molecule has 0 spiro atoms. The maximum absolute atomic E-state index is 13.0. The Labute approximate surface area is 193 Å². The van der Waals surface area contributed by atoms with Gasteiger partial charge >= 0.3 is 0 Å². The highest BCUT2D eigenvalue weighted by molar-refractivity contribution is 5.97. The van der Waals surface area contributed by atoms with Gasteiger partial charge in [0.25, 0.3) is 5.91 Å². The second-order valence-corrected chi connectivity index (χ2v) is 7.60. The highest BCUT2D eigenvalue weighted by Gasteiger charge is 2.22. The van der Waals surface area contributed by atoms with Crippen molar-refractivity contribution in [1.29, 1.82) is 0 Å². The molecule has 1 heterocycles. The first-order valence-corrected chi connectivity index (χ1v) is 10.9. The molecule has 0 radical (unpaired) electrons. The number of ether oxygens (including phenoxy) is 3. The molecule has 6 heteroatoms. The molecule has 0 aliphatic carbocycles. The lowest BCUT2D eigenvalue weighted by Gasteiger charge is -2.20. The minimum absolute atomic E-state index is 0.107. The Morgan fingerprint density at radius 1 is 0.939 bits per heavy atom. The molecule has 3 aromatic carbocycles. The van der Waals surface area contributed by atoms with Crippen molar-refractivity contribution in [3.63, 3.8) is 0 Å². The van der Waals surface area contributed by atoms with Gasteiger partial charge in [-0.05, 0) is 48.4 Å². The second kappa shape index (κ2) is 10.1. The molecular formula is C27H28N2O4. The smallest absolute Gasteiger partial charge is 0.255 e. The van der Waals surface area contributed by atoms with E-state index in [1.54, 1.807) is 26.4 Å². The summed E-state index contributed by atoms with van der Waals surface area (Å²) in [6, 6.07) is 21.3. The molecule has 0 saturated heterocycles. The second-order valence-electron chi connectivity index (χ2n) is 7.60. The lowest BCUT2D eigenvalue weighted by molar-refractivity contribution is 0.0949. The number of hydrogen-bond donors (Lipinski definition) is 2. The molecule has 0 aliphatic rings. The van der Waals surface area contributed by atoms with Crippen LogP contribution in [0, 0.1) is 0 Å². The molecule has 4 rings (SSSR count). The number of rotatable bonds is 9. The van der Waals surface area contributed by atoms with Crippen molar-refractivity contribution in [1.82, 2.24) is 10.3 Å². The standard InChI is InChI=1S/C27H28N2O4/c1-4-33-25-14-13-18(15-26(25)32-3)21(22-17-28-23-11-7-5-9-19(22)23)16-29-27(30)20-10-6-8-12-24(20)31-2/h5-15,17,21,28H,4,16H2,1-3H3,(H,29,30)/t21-/m0/s1. The van der Waals surface area contributed by atoms with Crippen LogP contribution in [0.2, 0.25) is 0 Å². The van der Waals surface area contributed by atoms with Gasteiger partial charge in [0.05, 0.1) is 26.4 Å². The van der Waals surface area contributed by atoms with E-state index in [2.05, 4.69) is 16.4 Å². The van der Waals surface area contributed by atoms with Gasteiger partial charge < -0.3 is 24.5 Å². The zero-order valence-corrected chi connectivity index (χ0v) is 19.1. The number of carbonyl (C=O) groups excluding carboxylic acids is 1. The number of benzene rings is 3. The van der Waals surface area contributed by atoms with E-state index in [9.17, 15) is 4.79 Å². The van der Waals surface area contributed by atoms with Crippen LogP contribution in [0.15, 0.2) is 72.9 Å². The van der Waals surface area contributed by atoms with Gasteiger partial charge in [0.1, 0.15) is 5.75 Å². The van der Waals surface area contributed by atoms with Gasteiger partial charge in [-0.1, -0.05) is 36.4 Å². The monoisotopic (exact) mass is 444 g/mol. The lowest BCUT2D eigenvalue weighted by atomic mass is 9.90. The fraction of sp³-hybridized carbons (Fsp3) is 0.222. The Morgan fingerprint density at radius 2 is 1.70 bits per heavy atom. The van der Waals surface area contributed by atoms with Crippen LogP contribution in [-0.2, 0) is 0 Å². The topological polar surface area (TPSA) is 72.6 Å². The van der Waals surface area contributed by atoms with E-state index in [1.165, 1.54) is 0 Å². The normalized spacial score (nSPS) is 11.7. The van der Waals surface area contributed by atoms with E-state index in [4.69, 9.17) is 14.2 Å². The Balaban J connectivity index is 1.70. The Morgan fingerprint density at radius 3 is 2.48 bits per heavy atom. The van der Waals surface area contributed by atoms with Crippen LogP contribution in [0.4, 0.5) is 0 Å². The molecule has 1 amide bonds. The van der Waals surface area contributed by atoms with E-state index in [-0.39, 0.29) is 11.8 Å². The van der Waals surface area contributed by atoms with Crippen LogP contribution < -0.4 is 19.5 Å². The Bertz CT molecular complexity index is 1250. The van der Waals surface area contributed by atoms with E-state index in [1.807, 2.05) is 61.7 Å². The van der Waals surface area contributed by atoms with Crippen molar-refractivity contribution < 1.29 is 19.0 Å². The molecule has 4 aromatic rings. The van der Waals surface area contributed by atoms with Crippen molar-refractivity contribution in [2.24, 2.45) is 0 Å². The number of fused-ring (bicyclic) bond motifs is 1. The zero-order chi connectivity index (χ0) is 23.2. The summed E-state index contributed by atoms with van der Waals surface area (Å²) in [5.74, 6) is 1.61. The van der Waals surface area contributed by atoms with Gasteiger partial charge in [0, 0.05) is 29.6 Å². The highest BCUT2D eigenvalue weighted by Crippen LogP contribution is 2.36. The predicted octanol–water partition coefficient (Wildman–Crippen LogP) is 5.15. The minimum atomic E-state index is -0.185. The van der Waals surface area contributed by atoms with Gasteiger partial charge in [0.15, 0.2) is 11.5 Å². The van der Waals surface area contributed by atoms with Crippen LogP contribution >= 0.6 is 0 Å². The molecule has 2 N–H and O–H groups in total. The summed E-state index contributed by atoms with van der Waals surface area (Å²) in [7, 11) is 3.19. The third-order valence-electron chi connectivity index (χ3n) is 5.70. The number of para-hydroxylation sites is 2. The number of amides is 1. The zero-order valence-electron chi connectivity index (χ0n) is 19.1. The molecule has 0 unspecified atom stereocenters. The molecule has 170 valence electrons. The molecule has 0 saturated carbocycles. The molecule has 0 aliphatic heterocycles. The minimum Gasteiger partial charge on any atom is -0.496 e. The predicted molar refractivity (Wildman–Crippen MR) is 130 cm³/mol. The summed E-state index contributed by atoms with van der Waals surface area (Å²) in [5, 5.41) is 4.21. The number of aromatic nitrogens is 1. The highest BCUT2D eigenvalue weighted by atomic mass is 16.5. The van der Waals surface area contributed by atoms with Crippen LogP contribution in [0.5, 0.6) is 17.2 Å². The maximum Gasteiger partial charge on any atom is 0.255 e. The summed E-state index contributed by atoms with van der Waals surface area (Å²) in [6.07, 6.45) is 2.01. The third-order valence-corrected chi connectivity index (χ3v) is 5.70. The molecule has 6 nitrogen and oxygen atoms in total. The van der Waals surface area contributed by atoms with Crippen molar-refractivity contribution in [2.75, 3.05) is 27.4 Å². The summed E-state index contributed by atoms with van der Waals surface area (Å²) < 4.78 is 16.6. The quantitative estimate of drug-likeness (QED) is 0.375. The molecule has 0 fully saturated rings. The van der Waals surface area contributed by atoms with Crippen molar-refractivity contribution in [3.05, 3.63) is 89.6 Å². The molecule has 1 aromatic heterocycles. The van der Waals surface area contributed by atoms with E-state index < -0.39 is 0 Å². The number of nitrogens with one attached hydrogen (secondary N) is 2. The molecule has 1 atom stereocenters. The van der Waals surface area contributed by atoms with E-state index >= 15 is 0 Å². The first-order chi connectivity index (χ1) is 16.2. The Kier molecular flexibility index (Phi) is 6.83.